The zero-order valence-corrected chi connectivity index (χ0v) is 8.24. The minimum atomic E-state index is -0.0588. The van der Waals surface area contributed by atoms with Crippen molar-refractivity contribution in [3.05, 3.63) is 11.6 Å². The topological polar surface area (TPSA) is 76.8 Å². The van der Waals surface area contributed by atoms with Crippen molar-refractivity contribution in [3.63, 3.8) is 0 Å². The summed E-state index contributed by atoms with van der Waals surface area (Å²) in [5.41, 5.74) is 5.41. The summed E-state index contributed by atoms with van der Waals surface area (Å²) in [6.45, 7) is 4.50. The Bertz CT molecular complexity index is 258. The van der Waals surface area contributed by atoms with Gasteiger partial charge in [-0.1, -0.05) is 13.8 Å². The molecule has 1 heterocycles. The average molecular weight is 184 g/mol. The number of aromatic nitrogens is 3. The van der Waals surface area contributed by atoms with E-state index in [1.165, 1.54) is 0 Å². The summed E-state index contributed by atoms with van der Waals surface area (Å²) < 4.78 is 5.27. The molecule has 0 aliphatic carbocycles. The summed E-state index contributed by atoms with van der Waals surface area (Å²) in [5.74, 6) is 1.72. The van der Waals surface area contributed by atoms with Gasteiger partial charge in [0.25, 0.3) is 0 Å². The highest BCUT2D eigenvalue weighted by Crippen LogP contribution is 2.21. The van der Waals surface area contributed by atoms with Crippen molar-refractivity contribution in [2.24, 2.45) is 11.7 Å². The maximum Gasteiger partial charge on any atom is 0.179 e. The highest BCUT2D eigenvalue weighted by Gasteiger charge is 2.19. The van der Waals surface area contributed by atoms with Crippen molar-refractivity contribution in [2.75, 3.05) is 7.11 Å². The molecule has 3 N–H and O–H groups in total. The minimum Gasteiger partial charge on any atom is -0.373 e. The van der Waals surface area contributed by atoms with E-state index in [4.69, 9.17) is 10.5 Å². The van der Waals surface area contributed by atoms with E-state index in [-0.39, 0.29) is 6.10 Å². The number of hydrogen-bond acceptors (Lipinski definition) is 4. The van der Waals surface area contributed by atoms with Gasteiger partial charge in [0.05, 0.1) is 6.54 Å². The number of aromatic amines is 1. The monoisotopic (exact) mass is 184 g/mol. The Labute approximate surface area is 77.7 Å². The van der Waals surface area contributed by atoms with E-state index in [2.05, 4.69) is 29.0 Å². The quantitative estimate of drug-likeness (QED) is 0.718. The minimum absolute atomic E-state index is 0.0588. The maximum atomic E-state index is 5.41. The molecule has 0 spiro atoms. The summed E-state index contributed by atoms with van der Waals surface area (Å²) in [7, 11) is 1.66. The highest BCUT2D eigenvalue weighted by molar-refractivity contribution is 4.95. The first-order chi connectivity index (χ1) is 6.19. The summed E-state index contributed by atoms with van der Waals surface area (Å²) in [6.07, 6.45) is -0.0588. The predicted molar refractivity (Wildman–Crippen MR) is 48.9 cm³/mol. The smallest absolute Gasteiger partial charge is 0.179 e. The first kappa shape index (κ1) is 10.1. The largest absolute Gasteiger partial charge is 0.373 e. The van der Waals surface area contributed by atoms with Crippen LogP contribution in [0.3, 0.4) is 0 Å². The first-order valence-electron chi connectivity index (χ1n) is 4.33. The lowest BCUT2D eigenvalue weighted by atomic mass is 10.1. The molecule has 0 aliphatic rings. The van der Waals surface area contributed by atoms with Crippen LogP contribution in [0, 0.1) is 5.92 Å². The van der Waals surface area contributed by atoms with E-state index in [0.29, 0.717) is 24.1 Å². The SMILES string of the molecule is COC(c1n[nH]c(CN)n1)C(C)C. The van der Waals surface area contributed by atoms with Gasteiger partial charge in [-0.25, -0.2) is 4.98 Å². The Kier molecular flexibility index (Phi) is 3.39. The zero-order valence-electron chi connectivity index (χ0n) is 8.24. The number of nitrogens with one attached hydrogen (secondary N) is 1. The average Bonchev–Trinajstić information content (AvgIpc) is 2.53. The number of hydrogen-bond donors (Lipinski definition) is 2. The molecule has 1 aromatic heterocycles. The second-order valence-electron chi connectivity index (χ2n) is 3.24. The number of nitrogens with zero attached hydrogens (tertiary/aromatic N) is 2. The van der Waals surface area contributed by atoms with E-state index in [1.54, 1.807) is 7.11 Å². The molecule has 0 amide bonds. The van der Waals surface area contributed by atoms with E-state index in [0.717, 1.165) is 0 Å². The lowest BCUT2D eigenvalue weighted by Crippen LogP contribution is -2.10. The molecular weight excluding hydrogens is 168 g/mol. The molecule has 0 saturated heterocycles. The predicted octanol–water partition coefficient (Wildman–Crippen LogP) is 0.607. The third-order valence-electron chi connectivity index (χ3n) is 1.86. The van der Waals surface area contributed by atoms with Gasteiger partial charge in [0, 0.05) is 7.11 Å². The Morgan fingerprint density at radius 2 is 2.23 bits per heavy atom. The summed E-state index contributed by atoms with van der Waals surface area (Å²) in [6, 6.07) is 0. The molecule has 1 rings (SSSR count). The molecule has 5 nitrogen and oxygen atoms in total. The fraction of sp³-hybridized carbons (Fsp3) is 0.750. The van der Waals surface area contributed by atoms with Crippen LogP contribution >= 0.6 is 0 Å². The van der Waals surface area contributed by atoms with Gasteiger partial charge in [0.1, 0.15) is 11.9 Å². The Morgan fingerprint density at radius 3 is 2.62 bits per heavy atom. The van der Waals surface area contributed by atoms with E-state index >= 15 is 0 Å². The normalized spacial score (nSPS) is 13.6. The van der Waals surface area contributed by atoms with Crippen LogP contribution in [0.15, 0.2) is 0 Å². The Morgan fingerprint density at radius 1 is 1.54 bits per heavy atom. The molecular formula is C8H16N4O. The van der Waals surface area contributed by atoms with Crippen LogP contribution < -0.4 is 5.73 Å². The molecule has 0 saturated carbocycles. The van der Waals surface area contributed by atoms with Crippen LogP contribution in [0.1, 0.15) is 31.6 Å². The van der Waals surface area contributed by atoms with Gasteiger partial charge in [-0.15, -0.1) is 0 Å². The van der Waals surface area contributed by atoms with E-state index in [9.17, 15) is 0 Å². The molecule has 0 bridgehead atoms. The van der Waals surface area contributed by atoms with Crippen LogP contribution in [0.25, 0.3) is 0 Å². The second-order valence-corrected chi connectivity index (χ2v) is 3.24. The van der Waals surface area contributed by atoms with Crippen molar-refractivity contribution in [1.82, 2.24) is 15.2 Å². The number of rotatable bonds is 4. The third-order valence-corrected chi connectivity index (χ3v) is 1.86. The van der Waals surface area contributed by atoms with Crippen LogP contribution in [0.2, 0.25) is 0 Å². The van der Waals surface area contributed by atoms with Crippen molar-refractivity contribution >= 4 is 0 Å². The van der Waals surface area contributed by atoms with Gasteiger partial charge >= 0.3 is 0 Å². The van der Waals surface area contributed by atoms with Crippen LogP contribution in [-0.4, -0.2) is 22.3 Å². The standard InChI is InChI=1S/C8H16N4O/c1-5(2)7(13-3)8-10-6(4-9)11-12-8/h5,7H,4,9H2,1-3H3,(H,10,11,12). The lowest BCUT2D eigenvalue weighted by molar-refractivity contribution is 0.0577. The molecule has 0 radical (unpaired) electrons. The third kappa shape index (κ3) is 2.26. The van der Waals surface area contributed by atoms with Gasteiger partial charge in [-0.05, 0) is 5.92 Å². The first-order valence-corrected chi connectivity index (χ1v) is 4.33. The van der Waals surface area contributed by atoms with Crippen molar-refractivity contribution < 1.29 is 4.74 Å². The molecule has 1 atom stereocenters. The number of nitrogens with two attached hydrogens (primary N) is 1. The fourth-order valence-corrected chi connectivity index (χ4v) is 1.20. The van der Waals surface area contributed by atoms with E-state index < -0.39 is 0 Å². The summed E-state index contributed by atoms with van der Waals surface area (Å²) in [5, 5.41) is 6.80. The second kappa shape index (κ2) is 4.34. The molecule has 5 heteroatoms. The molecule has 0 aromatic carbocycles. The van der Waals surface area contributed by atoms with Crippen molar-refractivity contribution in [1.29, 1.82) is 0 Å². The van der Waals surface area contributed by atoms with Gasteiger partial charge in [0.2, 0.25) is 0 Å². The molecule has 13 heavy (non-hydrogen) atoms. The molecule has 1 unspecified atom stereocenters. The zero-order chi connectivity index (χ0) is 9.84. The number of ether oxygens (including phenoxy) is 1. The Hall–Kier alpha value is -0.940. The van der Waals surface area contributed by atoms with Crippen molar-refractivity contribution in [3.8, 4) is 0 Å². The number of methoxy groups -OCH3 is 1. The van der Waals surface area contributed by atoms with E-state index in [1.807, 2.05) is 0 Å². The van der Waals surface area contributed by atoms with Crippen molar-refractivity contribution in [2.45, 2.75) is 26.5 Å². The van der Waals surface area contributed by atoms with Crippen LogP contribution in [0.5, 0.6) is 0 Å². The van der Waals surface area contributed by atoms with Gasteiger partial charge in [-0.2, -0.15) is 5.10 Å². The maximum absolute atomic E-state index is 5.41. The van der Waals surface area contributed by atoms with Gasteiger partial charge < -0.3 is 10.5 Å². The molecule has 0 fully saturated rings. The van der Waals surface area contributed by atoms with Crippen LogP contribution in [0.4, 0.5) is 0 Å². The fourth-order valence-electron chi connectivity index (χ4n) is 1.20. The molecule has 74 valence electrons. The Balaban J connectivity index is 2.79. The number of H-pyrrole nitrogens is 1. The summed E-state index contributed by atoms with van der Waals surface area (Å²) in [4.78, 5) is 4.20. The highest BCUT2D eigenvalue weighted by atomic mass is 16.5. The van der Waals surface area contributed by atoms with Gasteiger partial charge in [-0.3, -0.25) is 5.10 Å². The molecule has 1 aromatic rings. The lowest BCUT2D eigenvalue weighted by Gasteiger charge is -2.14. The summed E-state index contributed by atoms with van der Waals surface area (Å²) >= 11 is 0. The van der Waals surface area contributed by atoms with Gasteiger partial charge in [0.15, 0.2) is 5.82 Å². The van der Waals surface area contributed by atoms with Crippen LogP contribution in [-0.2, 0) is 11.3 Å². The molecule has 0 aliphatic heterocycles.